The molecule has 0 aromatic carbocycles. The maximum Gasteiger partial charge on any atom is 0.234 e. The van der Waals surface area contributed by atoms with Crippen molar-refractivity contribution < 1.29 is 4.79 Å². The van der Waals surface area contributed by atoms with Gasteiger partial charge in [-0.15, -0.1) is 24.8 Å². The predicted molar refractivity (Wildman–Crippen MR) is 74.2 cm³/mol. The van der Waals surface area contributed by atoms with Crippen LogP contribution in [-0.2, 0) is 4.79 Å². The lowest BCUT2D eigenvalue weighted by molar-refractivity contribution is -0.123. The molecule has 1 saturated heterocycles. The first-order valence-electron chi connectivity index (χ1n) is 6.07. The third-order valence-electron chi connectivity index (χ3n) is 3.30. The maximum absolute atomic E-state index is 11.7. The SMILES string of the molecule is Cl.Cl.O=C(CN1CCNCC1)NC1CCCC1. The molecule has 2 N–H and O–H groups in total. The molecule has 2 fully saturated rings. The summed E-state index contributed by atoms with van der Waals surface area (Å²) in [6, 6.07) is 0.459. The van der Waals surface area contributed by atoms with Gasteiger partial charge in [-0.2, -0.15) is 0 Å². The molecule has 4 nitrogen and oxygen atoms in total. The van der Waals surface area contributed by atoms with Gasteiger partial charge in [-0.05, 0) is 12.8 Å². The van der Waals surface area contributed by atoms with E-state index in [1.165, 1.54) is 25.7 Å². The van der Waals surface area contributed by atoms with Crippen molar-refractivity contribution in [1.82, 2.24) is 15.5 Å². The molecule has 0 spiro atoms. The zero-order valence-electron chi connectivity index (χ0n) is 10.1. The van der Waals surface area contributed by atoms with Crippen LogP contribution in [0.5, 0.6) is 0 Å². The van der Waals surface area contributed by atoms with Gasteiger partial charge in [-0.3, -0.25) is 9.69 Å². The number of carbonyl (C=O) groups is 1. The fraction of sp³-hybridized carbons (Fsp3) is 0.909. The number of rotatable bonds is 3. The molecule has 0 bridgehead atoms. The number of piperazine rings is 1. The highest BCUT2D eigenvalue weighted by Gasteiger charge is 2.19. The Balaban J connectivity index is 0.00000128. The van der Waals surface area contributed by atoms with Crippen LogP contribution >= 0.6 is 24.8 Å². The van der Waals surface area contributed by atoms with Crippen molar-refractivity contribution in [2.75, 3.05) is 32.7 Å². The molecular formula is C11H23Cl2N3O. The van der Waals surface area contributed by atoms with Gasteiger partial charge in [0.2, 0.25) is 5.91 Å². The Labute approximate surface area is 116 Å². The van der Waals surface area contributed by atoms with E-state index in [-0.39, 0.29) is 30.7 Å². The summed E-state index contributed by atoms with van der Waals surface area (Å²) in [5.74, 6) is 0.212. The van der Waals surface area contributed by atoms with Crippen LogP contribution in [0.3, 0.4) is 0 Å². The van der Waals surface area contributed by atoms with Crippen LogP contribution in [0.25, 0.3) is 0 Å². The first kappa shape index (κ1) is 17.0. The summed E-state index contributed by atoms with van der Waals surface area (Å²) < 4.78 is 0. The molecule has 0 unspecified atom stereocenters. The summed E-state index contributed by atoms with van der Waals surface area (Å²) in [5.41, 5.74) is 0. The summed E-state index contributed by atoms with van der Waals surface area (Å²) in [6.45, 7) is 4.60. The zero-order chi connectivity index (χ0) is 10.5. The molecule has 1 aliphatic carbocycles. The Bertz CT molecular complexity index is 217. The van der Waals surface area contributed by atoms with E-state index in [0.29, 0.717) is 12.6 Å². The molecule has 2 rings (SSSR count). The number of carbonyl (C=O) groups excluding carboxylic acids is 1. The Morgan fingerprint density at radius 3 is 2.35 bits per heavy atom. The average Bonchev–Trinajstić information content (AvgIpc) is 2.71. The molecule has 1 amide bonds. The Kier molecular flexibility index (Phi) is 8.96. The number of hydrogen-bond donors (Lipinski definition) is 2. The molecule has 1 saturated carbocycles. The van der Waals surface area contributed by atoms with Crippen LogP contribution < -0.4 is 10.6 Å². The van der Waals surface area contributed by atoms with Crippen LogP contribution in [0.4, 0.5) is 0 Å². The van der Waals surface area contributed by atoms with Crippen molar-refractivity contribution in [3.63, 3.8) is 0 Å². The fourth-order valence-electron chi connectivity index (χ4n) is 2.42. The predicted octanol–water partition coefficient (Wildman–Crippen LogP) is 0.794. The van der Waals surface area contributed by atoms with E-state index in [1.54, 1.807) is 0 Å². The number of nitrogens with one attached hydrogen (secondary N) is 2. The minimum atomic E-state index is 0. The Morgan fingerprint density at radius 1 is 1.18 bits per heavy atom. The number of halogens is 2. The topological polar surface area (TPSA) is 44.4 Å². The summed E-state index contributed by atoms with van der Waals surface area (Å²) >= 11 is 0. The number of nitrogens with zero attached hydrogens (tertiary/aromatic N) is 1. The van der Waals surface area contributed by atoms with Crippen molar-refractivity contribution in [1.29, 1.82) is 0 Å². The first-order chi connectivity index (χ1) is 7.34. The third-order valence-corrected chi connectivity index (χ3v) is 3.30. The minimum Gasteiger partial charge on any atom is -0.352 e. The van der Waals surface area contributed by atoms with Crippen LogP contribution in [0.1, 0.15) is 25.7 Å². The van der Waals surface area contributed by atoms with Crippen molar-refractivity contribution in [2.24, 2.45) is 0 Å². The van der Waals surface area contributed by atoms with Gasteiger partial charge in [0.05, 0.1) is 6.54 Å². The molecule has 0 aromatic rings. The Morgan fingerprint density at radius 2 is 1.76 bits per heavy atom. The van der Waals surface area contributed by atoms with E-state index >= 15 is 0 Å². The quantitative estimate of drug-likeness (QED) is 0.805. The van der Waals surface area contributed by atoms with Crippen molar-refractivity contribution >= 4 is 30.7 Å². The van der Waals surface area contributed by atoms with Gasteiger partial charge < -0.3 is 10.6 Å². The van der Waals surface area contributed by atoms with E-state index in [1.807, 2.05) is 0 Å². The molecule has 17 heavy (non-hydrogen) atoms. The lowest BCUT2D eigenvalue weighted by atomic mass is 10.2. The largest absolute Gasteiger partial charge is 0.352 e. The van der Waals surface area contributed by atoms with Crippen LogP contribution in [-0.4, -0.2) is 49.6 Å². The van der Waals surface area contributed by atoms with Crippen LogP contribution in [0.2, 0.25) is 0 Å². The highest BCUT2D eigenvalue weighted by molar-refractivity contribution is 5.85. The Hall–Kier alpha value is -0.0300. The summed E-state index contributed by atoms with van der Waals surface area (Å²) in [4.78, 5) is 13.9. The van der Waals surface area contributed by atoms with Gasteiger partial charge in [-0.1, -0.05) is 12.8 Å². The van der Waals surface area contributed by atoms with E-state index in [2.05, 4.69) is 15.5 Å². The zero-order valence-corrected chi connectivity index (χ0v) is 11.7. The van der Waals surface area contributed by atoms with Crippen molar-refractivity contribution in [3.8, 4) is 0 Å². The second-order valence-corrected chi connectivity index (χ2v) is 4.58. The van der Waals surface area contributed by atoms with Gasteiger partial charge in [-0.25, -0.2) is 0 Å². The first-order valence-corrected chi connectivity index (χ1v) is 6.07. The number of hydrogen-bond acceptors (Lipinski definition) is 3. The lowest BCUT2D eigenvalue weighted by Gasteiger charge is -2.27. The second kappa shape index (κ2) is 8.97. The van der Waals surface area contributed by atoms with E-state index in [9.17, 15) is 4.79 Å². The van der Waals surface area contributed by atoms with Gasteiger partial charge in [0.1, 0.15) is 0 Å². The van der Waals surface area contributed by atoms with Gasteiger partial charge in [0, 0.05) is 32.2 Å². The van der Waals surface area contributed by atoms with Gasteiger partial charge in [0.25, 0.3) is 0 Å². The monoisotopic (exact) mass is 283 g/mol. The molecule has 2 aliphatic rings. The van der Waals surface area contributed by atoms with Gasteiger partial charge in [0.15, 0.2) is 0 Å². The lowest BCUT2D eigenvalue weighted by Crippen LogP contribution is -2.48. The molecule has 1 aliphatic heterocycles. The summed E-state index contributed by atoms with van der Waals surface area (Å²) in [6.07, 6.45) is 4.90. The van der Waals surface area contributed by atoms with E-state index in [0.717, 1.165) is 26.2 Å². The highest BCUT2D eigenvalue weighted by Crippen LogP contribution is 2.17. The molecule has 102 valence electrons. The normalized spacial score (nSPS) is 21.4. The maximum atomic E-state index is 11.7. The standard InChI is InChI=1S/C11H21N3O.2ClH/c15-11(13-10-3-1-2-4-10)9-14-7-5-12-6-8-14;;/h10,12H,1-9H2,(H,13,15);2*1H. The van der Waals surface area contributed by atoms with Gasteiger partial charge >= 0.3 is 0 Å². The fourth-order valence-corrected chi connectivity index (χ4v) is 2.42. The van der Waals surface area contributed by atoms with Crippen LogP contribution in [0.15, 0.2) is 0 Å². The molecule has 0 radical (unpaired) electrons. The molecule has 0 atom stereocenters. The highest BCUT2D eigenvalue weighted by atomic mass is 35.5. The number of amides is 1. The van der Waals surface area contributed by atoms with Crippen molar-refractivity contribution in [3.05, 3.63) is 0 Å². The summed E-state index contributed by atoms with van der Waals surface area (Å²) in [5, 5.41) is 6.41. The molecule has 6 heteroatoms. The summed E-state index contributed by atoms with van der Waals surface area (Å²) in [7, 11) is 0. The smallest absolute Gasteiger partial charge is 0.234 e. The molecule has 1 heterocycles. The van der Waals surface area contributed by atoms with Crippen molar-refractivity contribution in [2.45, 2.75) is 31.7 Å². The molecule has 0 aromatic heterocycles. The second-order valence-electron chi connectivity index (χ2n) is 4.58. The van der Waals surface area contributed by atoms with E-state index < -0.39 is 0 Å². The molecular weight excluding hydrogens is 261 g/mol. The minimum absolute atomic E-state index is 0. The van der Waals surface area contributed by atoms with E-state index in [4.69, 9.17) is 0 Å². The third kappa shape index (κ3) is 5.91. The van der Waals surface area contributed by atoms with Crippen LogP contribution in [0, 0.1) is 0 Å². The average molecular weight is 284 g/mol.